The third-order valence-corrected chi connectivity index (χ3v) is 5.22. The summed E-state index contributed by atoms with van der Waals surface area (Å²) in [4.78, 5) is 16.5. The molecule has 3 nitrogen and oxygen atoms in total. The van der Waals surface area contributed by atoms with Crippen LogP contribution in [-0.2, 0) is 0 Å². The second-order valence-electron chi connectivity index (χ2n) is 6.10. The molecule has 0 fully saturated rings. The van der Waals surface area contributed by atoms with Crippen molar-refractivity contribution in [3.05, 3.63) is 88.1 Å². The summed E-state index contributed by atoms with van der Waals surface area (Å²) in [6.45, 7) is 10.1. The van der Waals surface area contributed by atoms with Crippen LogP contribution >= 0.6 is 11.8 Å². The molecular formula is C23H23NO2S. The highest BCUT2D eigenvalue weighted by atomic mass is 32.2. The van der Waals surface area contributed by atoms with Crippen LogP contribution in [0.15, 0.2) is 86.3 Å². The standard InChI is InChI=1S/C23H23NO2S/c1-4-24(5-2)20-14-13-18-15-19(23(25)26-22(18)16-20)12-11-17(3)27-21-9-7-6-8-10-21/h6-16H,3-5H2,1-2H3/b12-11+. The first-order chi connectivity index (χ1) is 13.1. The van der Waals surface area contributed by atoms with Crippen molar-refractivity contribution in [2.24, 2.45) is 0 Å². The molecule has 1 aromatic heterocycles. The fraction of sp³-hybridized carbons (Fsp3) is 0.174. The Balaban J connectivity index is 1.83. The zero-order chi connectivity index (χ0) is 19.2. The highest BCUT2D eigenvalue weighted by molar-refractivity contribution is 8.03. The molecule has 0 spiro atoms. The molecule has 0 bridgehead atoms. The molecule has 0 N–H and O–H groups in total. The summed E-state index contributed by atoms with van der Waals surface area (Å²) < 4.78 is 5.55. The number of thioether (sulfide) groups is 1. The molecule has 0 amide bonds. The molecule has 0 aliphatic rings. The number of hydrogen-bond acceptors (Lipinski definition) is 4. The van der Waals surface area contributed by atoms with Crippen molar-refractivity contribution < 1.29 is 4.42 Å². The van der Waals surface area contributed by atoms with E-state index in [1.807, 2.05) is 54.6 Å². The molecule has 0 atom stereocenters. The van der Waals surface area contributed by atoms with Crippen LogP contribution in [0.2, 0.25) is 0 Å². The number of anilines is 1. The molecule has 0 saturated heterocycles. The Morgan fingerprint density at radius 2 is 1.85 bits per heavy atom. The predicted molar refractivity (Wildman–Crippen MR) is 117 cm³/mol. The van der Waals surface area contributed by atoms with Crippen molar-refractivity contribution in [1.29, 1.82) is 0 Å². The molecule has 0 radical (unpaired) electrons. The van der Waals surface area contributed by atoms with Crippen LogP contribution in [0.3, 0.4) is 0 Å². The first-order valence-corrected chi connectivity index (χ1v) is 9.85. The van der Waals surface area contributed by atoms with Gasteiger partial charge in [0.1, 0.15) is 5.58 Å². The van der Waals surface area contributed by atoms with Crippen LogP contribution < -0.4 is 10.5 Å². The Bertz CT molecular complexity index is 1020. The first kappa shape index (κ1) is 19.1. The van der Waals surface area contributed by atoms with Crippen LogP contribution in [0.5, 0.6) is 0 Å². The molecular weight excluding hydrogens is 354 g/mol. The fourth-order valence-corrected chi connectivity index (χ4v) is 3.61. The molecule has 138 valence electrons. The lowest BCUT2D eigenvalue weighted by Gasteiger charge is -2.20. The average molecular weight is 378 g/mol. The van der Waals surface area contributed by atoms with E-state index < -0.39 is 0 Å². The second-order valence-corrected chi connectivity index (χ2v) is 7.30. The highest BCUT2D eigenvalue weighted by Gasteiger charge is 2.07. The summed E-state index contributed by atoms with van der Waals surface area (Å²) in [5.41, 5.74) is 1.85. The Kier molecular flexibility index (Phi) is 6.20. The van der Waals surface area contributed by atoms with Gasteiger partial charge in [-0.1, -0.05) is 36.5 Å². The topological polar surface area (TPSA) is 33.5 Å². The van der Waals surface area contributed by atoms with Crippen molar-refractivity contribution in [1.82, 2.24) is 0 Å². The van der Waals surface area contributed by atoms with Crippen LogP contribution in [0.4, 0.5) is 5.69 Å². The van der Waals surface area contributed by atoms with E-state index in [1.165, 1.54) is 0 Å². The van der Waals surface area contributed by atoms with Gasteiger partial charge in [-0.25, -0.2) is 4.79 Å². The van der Waals surface area contributed by atoms with Gasteiger partial charge in [0.15, 0.2) is 0 Å². The van der Waals surface area contributed by atoms with E-state index in [1.54, 1.807) is 17.8 Å². The van der Waals surface area contributed by atoms with E-state index in [9.17, 15) is 4.79 Å². The second kappa shape index (κ2) is 8.78. The van der Waals surface area contributed by atoms with E-state index >= 15 is 0 Å². The SMILES string of the molecule is C=C(/C=C/c1cc2ccc(N(CC)CC)cc2oc1=O)Sc1ccccc1. The normalized spacial score (nSPS) is 11.2. The lowest BCUT2D eigenvalue weighted by atomic mass is 10.1. The third kappa shape index (κ3) is 4.72. The van der Waals surface area contributed by atoms with Gasteiger partial charge in [-0.05, 0) is 56.3 Å². The number of hydrogen-bond donors (Lipinski definition) is 0. The number of benzene rings is 2. The zero-order valence-electron chi connectivity index (χ0n) is 15.6. The summed E-state index contributed by atoms with van der Waals surface area (Å²) in [5.74, 6) is 0. The van der Waals surface area contributed by atoms with Gasteiger partial charge in [0.25, 0.3) is 0 Å². The van der Waals surface area contributed by atoms with E-state index in [0.29, 0.717) is 11.1 Å². The van der Waals surface area contributed by atoms with Gasteiger partial charge in [0.05, 0.1) is 5.56 Å². The Morgan fingerprint density at radius 3 is 2.56 bits per heavy atom. The minimum absolute atomic E-state index is 0.340. The minimum atomic E-state index is -0.340. The quantitative estimate of drug-likeness (QED) is 0.289. The van der Waals surface area contributed by atoms with Crippen molar-refractivity contribution in [3.63, 3.8) is 0 Å². The number of nitrogens with zero attached hydrogens (tertiary/aromatic N) is 1. The van der Waals surface area contributed by atoms with Gasteiger partial charge in [-0.2, -0.15) is 0 Å². The number of fused-ring (bicyclic) bond motifs is 1. The summed E-state index contributed by atoms with van der Waals surface area (Å²) in [6.07, 6.45) is 3.61. The summed E-state index contributed by atoms with van der Waals surface area (Å²) in [5, 5.41) is 0.909. The van der Waals surface area contributed by atoms with Gasteiger partial charge in [-0.15, -0.1) is 0 Å². The Morgan fingerprint density at radius 1 is 1.11 bits per heavy atom. The minimum Gasteiger partial charge on any atom is -0.422 e. The van der Waals surface area contributed by atoms with Crippen molar-refractivity contribution in [3.8, 4) is 0 Å². The van der Waals surface area contributed by atoms with E-state index in [4.69, 9.17) is 4.42 Å². The van der Waals surface area contributed by atoms with Crippen LogP contribution in [0, 0.1) is 0 Å². The predicted octanol–water partition coefficient (Wildman–Crippen LogP) is 5.96. The monoisotopic (exact) mass is 377 g/mol. The molecule has 3 rings (SSSR count). The summed E-state index contributed by atoms with van der Waals surface area (Å²) >= 11 is 1.56. The summed E-state index contributed by atoms with van der Waals surface area (Å²) in [7, 11) is 0. The third-order valence-electron chi connectivity index (χ3n) is 4.32. The maximum atomic E-state index is 12.4. The van der Waals surface area contributed by atoms with Crippen molar-refractivity contribution >= 4 is 34.5 Å². The number of allylic oxidation sites excluding steroid dienone is 1. The molecule has 3 aromatic rings. The smallest absolute Gasteiger partial charge is 0.343 e. The maximum absolute atomic E-state index is 12.4. The van der Waals surface area contributed by atoms with Crippen molar-refractivity contribution in [2.75, 3.05) is 18.0 Å². The molecule has 2 aromatic carbocycles. The maximum Gasteiger partial charge on any atom is 0.343 e. The lowest BCUT2D eigenvalue weighted by molar-refractivity contribution is 0.559. The highest BCUT2D eigenvalue weighted by Crippen LogP contribution is 2.26. The average Bonchev–Trinajstić information content (AvgIpc) is 2.68. The molecule has 4 heteroatoms. The molecule has 27 heavy (non-hydrogen) atoms. The number of rotatable bonds is 7. The van der Waals surface area contributed by atoms with Crippen LogP contribution in [0.1, 0.15) is 19.4 Å². The van der Waals surface area contributed by atoms with Gasteiger partial charge in [0, 0.05) is 40.0 Å². The Labute approximate surface area is 164 Å². The summed E-state index contributed by atoms with van der Waals surface area (Å²) in [6, 6.07) is 17.9. The molecule has 0 unspecified atom stereocenters. The van der Waals surface area contributed by atoms with Gasteiger partial charge >= 0.3 is 5.63 Å². The van der Waals surface area contributed by atoms with Gasteiger partial charge in [-0.3, -0.25) is 0 Å². The molecule has 0 saturated carbocycles. The van der Waals surface area contributed by atoms with E-state index in [0.717, 1.165) is 34.0 Å². The van der Waals surface area contributed by atoms with E-state index in [2.05, 4.69) is 31.4 Å². The van der Waals surface area contributed by atoms with Gasteiger partial charge in [0.2, 0.25) is 0 Å². The van der Waals surface area contributed by atoms with Crippen molar-refractivity contribution in [2.45, 2.75) is 18.7 Å². The fourth-order valence-electron chi connectivity index (χ4n) is 2.87. The first-order valence-electron chi connectivity index (χ1n) is 9.03. The molecule has 1 heterocycles. The molecule has 0 aliphatic carbocycles. The molecule has 0 aliphatic heterocycles. The largest absolute Gasteiger partial charge is 0.422 e. The van der Waals surface area contributed by atoms with Crippen LogP contribution in [0.25, 0.3) is 17.0 Å². The zero-order valence-corrected chi connectivity index (χ0v) is 16.5. The van der Waals surface area contributed by atoms with E-state index in [-0.39, 0.29) is 5.63 Å². The van der Waals surface area contributed by atoms with Crippen LogP contribution in [-0.4, -0.2) is 13.1 Å². The lowest BCUT2D eigenvalue weighted by Crippen LogP contribution is -2.21. The van der Waals surface area contributed by atoms with Gasteiger partial charge < -0.3 is 9.32 Å². The Hall–Kier alpha value is -2.72.